The average Bonchev–Trinajstić information content (AvgIpc) is 2.67. The van der Waals surface area contributed by atoms with E-state index >= 15 is 0 Å². The standard InChI is InChI=1S/C10H18FNO/c11-8-10-2-1-5-12(10)9-3-6-13-7-4-9/h9-10H,1-8H2. The predicted octanol–water partition coefficient (Wildman–Crippen LogP) is 1.60. The summed E-state index contributed by atoms with van der Waals surface area (Å²) < 4.78 is 17.9. The Morgan fingerprint density at radius 1 is 1.23 bits per heavy atom. The first-order valence-electron chi connectivity index (χ1n) is 5.31. The van der Waals surface area contributed by atoms with E-state index in [1.807, 2.05) is 0 Å². The second kappa shape index (κ2) is 4.38. The Morgan fingerprint density at radius 2 is 2.00 bits per heavy atom. The number of nitrogens with zero attached hydrogens (tertiary/aromatic N) is 1. The zero-order valence-electron chi connectivity index (χ0n) is 8.04. The van der Waals surface area contributed by atoms with Gasteiger partial charge < -0.3 is 4.74 Å². The highest BCUT2D eigenvalue weighted by Gasteiger charge is 2.31. The molecular formula is C10H18FNO. The zero-order chi connectivity index (χ0) is 9.10. The quantitative estimate of drug-likeness (QED) is 0.651. The first-order chi connectivity index (χ1) is 6.42. The molecule has 2 aliphatic heterocycles. The maximum Gasteiger partial charge on any atom is 0.105 e. The predicted molar refractivity (Wildman–Crippen MR) is 49.5 cm³/mol. The molecule has 0 aromatic carbocycles. The van der Waals surface area contributed by atoms with Gasteiger partial charge in [0.25, 0.3) is 0 Å². The normalized spacial score (nSPS) is 32.5. The summed E-state index contributed by atoms with van der Waals surface area (Å²) in [6, 6.07) is 0.806. The SMILES string of the molecule is FCC1CCCN1C1CCOCC1. The van der Waals surface area contributed by atoms with Crippen molar-refractivity contribution in [2.45, 2.75) is 37.8 Å². The van der Waals surface area contributed by atoms with Crippen LogP contribution in [-0.4, -0.2) is 43.4 Å². The molecule has 2 heterocycles. The van der Waals surface area contributed by atoms with Gasteiger partial charge in [-0.15, -0.1) is 0 Å². The van der Waals surface area contributed by atoms with Crippen LogP contribution in [0.1, 0.15) is 25.7 Å². The van der Waals surface area contributed by atoms with E-state index in [0.29, 0.717) is 6.04 Å². The number of rotatable bonds is 2. The molecule has 0 amide bonds. The number of alkyl halides is 1. The van der Waals surface area contributed by atoms with Crippen molar-refractivity contribution in [3.8, 4) is 0 Å². The molecule has 0 spiro atoms. The summed E-state index contributed by atoms with van der Waals surface area (Å²) in [6.07, 6.45) is 4.41. The molecule has 2 nitrogen and oxygen atoms in total. The Hall–Kier alpha value is -0.150. The summed E-state index contributed by atoms with van der Waals surface area (Å²) in [6.45, 7) is 2.65. The highest BCUT2D eigenvalue weighted by molar-refractivity contribution is 4.85. The molecule has 0 bridgehead atoms. The van der Waals surface area contributed by atoms with Crippen LogP contribution in [0.3, 0.4) is 0 Å². The van der Waals surface area contributed by atoms with Crippen LogP contribution >= 0.6 is 0 Å². The van der Waals surface area contributed by atoms with Crippen molar-refractivity contribution in [1.29, 1.82) is 0 Å². The van der Waals surface area contributed by atoms with Crippen molar-refractivity contribution < 1.29 is 9.13 Å². The van der Waals surface area contributed by atoms with Crippen LogP contribution in [-0.2, 0) is 4.74 Å². The molecule has 1 atom stereocenters. The Bertz CT molecular complexity index is 159. The molecule has 0 aromatic heterocycles. The summed E-state index contributed by atoms with van der Waals surface area (Å²) in [7, 11) is 0. The second-order valence-electron chi connectivity index (χ2n) is 4.03. The molecule has 0 radical (unpaired) electrons. The van der Waals surface area contributed by atoms with Gasteiger partial charge in [-0.3, -0.25) is 4.90 Å². The number of hydrogen-bond acceptors (Lipinski definition) is 2. The van der Waals surface area contributed by atoms with Gasteiger partial charge in [0.2, 0.25) is 0 Å². The van der Waals surface area contributed by atoms with Crippen molar-refractivity contribution in [2.24, 2.45) is 0 Å². The Balaban J connectivity index is 1.90. The Labute approximate surface area is 79.1 Å². The van der Waals surface area contributed by atoms with E-state index in [4.69, 9.17) is 4.74 Å². The van der Waals surface area contributed by atoms with Gasteiger partial charge in [-0.2, -0.15) is 0 Å². The van der Waals surface area contributed by atoms with Crippen LogP contribution in [0.25, 0.3) is 0 Å². The van der Waals surface area contributed by atoms with E-state index in [9.17, 15) is 4.39 Å². The highest BCUT2D eigenvalue weighted by Crippen LogP contribution is 2.25. The van der Waals surface area contributed by atoms with Gasteiger partial charge in [0.05, 0.1) is 0 Å². The van der Waals surface area contributed by atoms with Gasteiger partial charge in [-0.1, -0.05) is 0 Å². The van der Waals surface area contributed by atoms with Crippen molar-refractivity contribution in [1.82, 2.24) is 4.90 Å². The van der Waals surface area contributed by atoms with E-state index < -0.39 is 0 Å². The fourth-order valence-corrected chi connectivity index (χ4v) is 2.52. The molecule has 2 rings (SSSR count). The molecule has 2 aliphatic rings. The summed E-state index contributed by atoms with van der Waals surface area (Å²) in [4.78, 5) is 2.36. The van der Waals surface area contributed by atoms with Crippen LogP contribution in [0.5, 0.6) is 0 Å². The number of ether oxygens (including phenoxy) is 1. The van der Waals surface area contributed by atoms with Crippen LogP contribution in [0.4, 0.5) is 4.39 Å². The minimum atomic E-state index is -0.169. The summed E-state index contributed by atoms with van der Waals surface area (Å²) in [5, 5.41) is 0. The number of halogens is 1. The van der Waals surface area contributed by atoms with Crippen LogP contribution in [0.15, 0.2) is 0 Å². The van der Waals surface area contributed by atoms with Crippen molar-refractivity contribution >= 4 is 0 Å². The van der Waals surface area contributed by atoms with E-state index in [1.165, 1.54) is 6.42 Å². The first-order valence-corrected chi connectivity index (χ1v) is 5.31. The minimum absolute atomic E-state index is 0.169. The average molecular weight is 187 g/mol. The van der Waals surface area contributed by atoms with Gasteiger partial charge in [0, 0.05) is 25.3 Å². The number of hydrogen-bond donors (Lipinski definition) is 0. The molecule has 0 aromatic rings. The summed E-state index contributed by atoms with van der Waals surface area (Å²) in [5.74, 6) is 0. The monoisotopic (exact) mass is 187 g/mol. The fraction of sp³-hybridized carbons (Fsp3) is 1.00. The molecular weight excluding hydrogens is 169 g/mol. The lowest BCUT2D eigenvalue weighted by Gasteiger charge is -2.34. The third-order valence-corrected chi connectivity index (χ3v) is 3.26. The molecule has 1 unspecified atom stereocenters. The van der Waals surface area contributed by atoms with E-state index in [-0.39, 0.29) is 12.7 Å². The van der Waals surface area contributed by atoms with Crippen molar-refractivity contribution in [3.63, 3.8) is 0 Å². The van der Waals surface area contributed by atoms with Crippen molar-refractivity contribution in [3.05, 3.63) is 0 Å². The summed E-state index contributed by atoms with van der Waals surface area (Å²) in [5.41, 5.74) is 0. The van der Waals surface area contributed by atoms with Gasteiger partial charge >= 0.3 is 0 Å². The first kappa shape index (κ1) is 9.41. The molecule has 0 saturated carbocycles. The van der Waals surface area contributed by atoms with Crippen molar-refractivity contribution in [2.75, 3.05) is 26.4 Å². The zero-order valence-corrected chi connectivity index (χ0v) is 8.04. The van der Waals surface area contributed by atoms with E-state index in [2.05, 4.69) is 4.90 Å². The van der Waals surface area contributed by atoms with Gasteiger partial charge in [-0.05, 0) is 32.2 Å². The van der Waals surface area contributed by atoms with Gasteiger partial charge in [-0.25, -0.2) is 4.39 Å². The molecule has 13 heavy (non-hydrogen) atoms. The van der Waals surface area contributed by atoms with Crippen LogP contribution in [0, 0.1) is 0 Å². The lowest BCUT2D eigenvalue weighted by Crippen LogP contribution is -2.43. The molecule has 0 N–H and O–H groups in total. The maximum absolute atomic E-state index is 12.6. The van der Waals surface area contributed by atoms with Gasteiger partial charge in [0.15, 0.2) is 0 Å². The molecule has 2 fully saturated rings. The van der Waals surface area contributed by atoms with Gasteiger partial charge in [0.1, 0.15) is 6.67 Å². The Kier molecular flexibility index (Phi) is 3.17. The third-order valence-electron chi connectivity index (χ3n) is 3.26. The smallest absolute Gasteiger partial charge is 0.105 e. The molecule has 0 aliphatic carbocycles. The van der Waals surface area contributed by atoms with Crippen LogP contribution < -0.4 is 0 Å². The third kappa shape index (κ3) is 2.02. The lowest BCUT2D eigenvalue weighted by atomic mass is 10.1. The maximum atomic E-state index is 12.6. The lowest BCUT2D eigenvalue weighted by molar-refractivity contribution is 0.0258. The molecule has 3 heteroatoms. The largest absolute Gasteiger partial charge is 0.381 e. The number of likely N-dealkylation sites (tertiary alicyclic amines) is 1. The topological polar surface area (TPSA) is 12.5 Å². The van der Waals surface area contributed by atoms with E-state index in [0.717, 1.165) is 39.0 Å². The Morgan fingerprint density at radius 3 is 2.69 bits per heavy atom. The molecule has 76 valence electrons. The van der Waals surface area contributed by atoms with E-state index in [1.54, 1.807) is 0 Å². The highest BCUT2D eigenvalue weighted by atomic mass is 19.1. The molecule has 2 saturated heterocycles. The second-order valence-corrected chi connectivity index (χ2v) is 4.03. The fourth-order valence-electron chi connectivity index (χ4n) is 2.52. The van der Waals surface area contributed by atoms with Crippen LogP contribution in [0.2, 0.25) is 0 Å². The summed E-state index contributed by atoms with van der Waals surface area (Å²) >= 11 is 0. The minimum Gasteiger partial charge on any atom is -0.381 e.